The van der Waals surface area contributed by atoms with Crippen molar-refractivity contribution >= 4 is 17.2 Å². The van der Waals surface area contributed by atoms with E-state index in [1.165, 1.54) is 24.2 Å². The van der Waals surface area contributed by atoms with E-state index in [-0.39, 0.29) is 11.9 Å². The summed E-state index contributed by atoms with van der Waals surface area (Å²) in [5.41, 5.74) is 1.000. The predicted molar refractivity (Wildman–Crippen MR) is 94.5 cm³/mol. The summed E-state index contributed by atoms with van der Waals surface area (Å²) in [7, 11) is 1.65. The molecule has 2 N–H and O–H groups in total. The van der Waals surface area contributed by atoms with Crippen LogP contribution < -0.4 is 15.4 Å². The quantitative estimate of drug-likeness (QED) is 0.896. The van der Waals surface area contributed by atoms with E-state index in [9.17, 15) is 4.79 Å². The van der Waals surface area contributed by atoms with Gasteiger partial charge in [-0.3, -0.25) is 4.79 Å². The second-order valence-electron chi connectivity index (χ2n) is 6.54. The summed E-state index contributed by atoms with van der Waals surface area (Å²) in [5, 5.41) is 7.64. The Morgan fingerprint density at radius 3 is 2.62 bits per heavy atom. The Balaban J connectivity index is 1.42. The summed E-state index contributed by atoms with van der Waals surface area (Å²) >= 11 is 1.43. The number of carbonyl (C=O) groups excluding carboxylic acids is 1. The highest BCUT2D eigenvalue weighted by molar-refractivity contribution is 7.16. The maximum absolute atomic E-state index is 12.5. The van der Waals surface area contributed by atoms with Gasteiger partial charge in [-0.15, -0.1) is 11.3 Å². The van der Waals surface area contributed by atoms with Gasteiger partial charge in [-0.05, 0) is 49.9 Å². The number of aromatic nitrogens is 1. The Kier molecular flexibility index (Phi) is 4.24. The molecule has 1 amide bonds. The highest BCUT2D eigenvalue weighted by atomic mass is 32.1. The second-order valence-corrected chi connectivity index (χ2v) is 7.57. The van der Waals surface area contributed by atoms with Crippen LogP contribution in [0.3, 0.4) is 0 Å². The highest BCUT2D eigenvalue weighted by Crippen LogP contribution is 2.29. The molecule has 4 rings (SSSR count). The number of hydrogen-bond donors (Lipinski definition) is 2. The second kappa shape index (κ2) is 6.53. The Labute approximate surface area is 145 Å². The molecule has 2 atom stereocenters. The van der Waals surface area contributed by atoms with Crippen molar-refractivity contribution in [1.29, 1.82) is 0 Å². The number of hydrogen-bond acceptors (Lipinski definition) is 5. The maximum Gasteiger partial charge on any atom is 0.263 e. The summed E-state index contributed by atoms with van der Waals surface area (Å²) < 4.78 is 5.17. The number of piperidine rings is 1. The molecular formula is C18H21N3O2S. The molecule has 2 aliphatic rings. The van der Waals surface area contributed by atoms with Gasteiger partial charge in [-0.1, -0.05) is 0 Å². The summed E-state index contributed by atoms with van der Waals surface area (Å²) in [4.78, 5) is 17.6. The van der Waals surface area contributed by atoms with Crippen LogP contribution >= 0.6 is 11.3 Å². The zero-order valence-electron chi connectivity index (χ0n) is 13.6. The van der Waals surface area contributed by atoms with Gasteiger partial charge in [-0.25, -0.2) is 4.98 Å². The third-order valence-electron chi connectivity index (χ3n) is 4.87. The van der Waals surface area contributed by atoms with Crippen molar-refractivity contribution in [2.24, 2.45) is 0 Å². The van der Waals surface area contributed by atoms with Crippen molar-refractivity contribution in [2.75, 3.05) is 7.11 Å². The van der Waals surface area contributed by atoms with Gasteiger partial charge in [0.25, 0.3) is 5.91 Å². The smallest absolute Gasteiger partial charge is 0.263 e. The van der Waals surface area contributed by atoms with Crippen molar-refractivity contribution in [2.45, 2.75) is 43.8 Å². The monoisotopic (exact) mass is 343 g/mol. The fourth-order valence-corrected chi connectivity index (χ4v) is 4.50. The van der Waals surface area contributed by atoms with E-state index in [1.54, 1.807) is 13.3 Å². The normalized spacial score (nSPS) is 25.5. The number of methoxy groups -OCH3 is 1. The van der Waals surface area contributed by atoms with Crippen molar-refractivity contribution in [3.05, 3.63) is 35.3 Å². The molecule has 3 heterocycles. The predicted octanol–water partition coefficient (Wildman–Crippen LogP) is 2.83. The molecule has 5 nitrogen and oxygen atoms in total. The van der Waals surface area contributed by atoms with Gasteiger partial charge in [0, 0.05) is 23.7 Å². The standard InChI is InChI=1S/C18H21N3O2S/c1-23-15-6-2-11(3-7-15)18-19-10-16(24-18)17(22)21-14-8-12-4-5-13(9-14)20-12/h2-3,6-7,10,12-14,20H,4-5,8-9H2,1H3,(H,21,22). The van der Waals surface area contributed by atoms with E-state index in [4.69, 9.17) is 4.74 Å². The minimum absolute atomic E-state index is 0.00133. The first-order valence-electron chi connectivity index (χ1n) is 8.38. The summed E-state index contributed by atoms with van der Waals surface area (Å²) in [6, 6.07) is 9.16. The first-order chi connectivity index (χ1) is 11.7. The van der Waals surface area contributed by atoms with E-state index in [0.29, 0.717) is 17.0 Å². The van der Waals surface area contributed by atoms with Crippen molar-refractivity contribution in [1.82, 2.24) is 15.6 Å². The number of nitrogens with one attached hydrogen (secondary N) is 2. The number of carbonyl (C=O) groups is 1. The minimum atomic E-state index is -0.00133. The Morgan fingerprint density at radius 2 is 1.96 bits per heavy atom. The van der Waals surface area contributed by atoms with Crippen LogP contribution in [0, 0.1) is 0 Å². The molecule has 2 saturated heterocycles. The first-order valence-corrected chi connectivity index (χ1v) is 9.20. The SMILES string of the molecule is COc1ccc(-c2ncc(C(=O)NC3CC4CCC(C3)N4)s2)cc1. The fourth-order valence-electron chi connectivity index (χ4n) is 3.68. The first kappa shape index (κ1) is 15.6. The number of thiazole rings is 1. The average molecular weight is 343 g/mol. The van der Waals surface area contributed by atoms with Crippen molar-refractivity contribution in [3.63, 3.8) is 0 Å². The van der Waals surface area contributed by atoms with E-state index in [1.807, 2.05) is 24.3 Å². The molecule has 2 unspecified atom stereocenters. The van der Waals surface area contributed by atoms with Crippen LogP contribution in [-0.4, -0.2) is 36.1 Å². The number of benzene rings is 1. The largest absolute Gasteiger partial charge is 0.497 e. The lowest BCUT2D eigenvalue weighted by Gasteiger charge is -2.29. The molecular weight excluding hydrogens is 322 g/mol. The van der Waals surface area contributed by atoms with Gasteiger partial charge in [0.1, 0.15) is 15.6 Å². The fraction of sp³-hybridized carbons (Fsp3) is 0.444. The highest BCUT2D eigenvalue weighted by Gasteiger charge is 2.34. The topological polar surface area (TPSA) is 63.2 Å². The maximum atomic E-state index is 12.5. The molecule has 24 heavy (non-hydrogen) atoms. The molecule has 126 valence electrons. The van der Waals surface area contributed by atoms with E-state index in [0.717, 1.165) is 29.2 Å². The lowest BCUT2D eigenvalue weighted by Crippen LogP contribution is -2.47. The van der Waals surface area contributed by atoms with Crippen LogP contribution in [0.1, 0.15) is 35.4 Å². The lowest BCUT2D eigenvalue weighted by molar-refractivity contribution is 0.0928. The molecule has 1 aromatic carbocycles. The van der Waals surface area contributed by atoms with Crippen LogP contribution in [0.2, 0.25) is 0 Å². The Morgan fingerprint density at radius 1 is 1.25 bits per heavy atom. The van der Waals surface area contributed by atoms with Crippen LogP contribution in [0.25, 0.3) is 10.6 Å². The van der Waals surface area contributed by atoms with Gasteiger partial charge in [0.15, 0.2) is 0 Å². The van der Waals surface area contributed by atoms with Gasteiger partial charge < -0.3 is 15.4 Å². The van der Waals surface area contributed by atoms with E-state index >= 15 is 0 Å². The lowest BCUT2D eigenvalue weighted by atomic mass is 10.00. The summed E-state index contributed by atoms with van der Waals surface area (Å²) in [5.74, 6) is 0.812. The molecule has 2 aliphatic heterocycles. The molecule has 2 aromatic rings. The Bertz CT molecular complexity index is 716. The number of rotatable bonds is 4. The van der Waals surface area contributed by atoms with Crippen LogP contribution in [0.4, 0.5) is 0 Å². The molecule has 1 aromatic heterocycles. The summed E-state index contributed by atoms with van der Waals surface area (Å²) in [6.07, 6.45) is 6.21. The van der Waals surface area contributed by atoms with Gasteiger partial charge >= 0.3 is 0 Å². The van der Waals surface area contributed by atoms with Crippen LogP contribution in [-0.2, 0) is 0 Å². The van der Waals surface area contributed by atoms with Gasteiger partial charge in [0.2, 0.25) is 0 Å². The van der Waals surface area contributed by atoms with Gasteiger partial charge in [0.05, 0.1) is 13.3 Å². The van der Waals surface area contributed by atoms with Crippen LogP contribution in [0.5, 0.6) is 5.75 Å². The minimum Gasteiger partial charge on any atom is -0.497 e. The van der Waals surface area contributed by atoms with Crippen molar-refractivity contribution < 1.29 is 9.53 Å². The molecule has 0 saturated carbocycles. The third-order valence-corrected chi connectivity index (χ3v) is 5.92. The zero-order chi connectivity index (χ0) is 16.5. The molecule has 0 spiro atoms. The van der Waals surface area contributed by atoms with E-state index < -0.39 is 0 Å². The van der Waals surface area contributed by atoms with Crippen LogP contribution in [0.15, 0.2) is 30.5 Å². The number of fused-ring (bicyclic) bond motifs is 2. The van der Waals surface area contributed by atoms with Crippen molar-refractivity contribution in [3.8, 4) is 16.3 Å². The third kappa shape index (κ3) is 3.16. The molecule has 0 aliphatic carbocycles. The summed E-state index contributed by atoms with van der Waals surface area (Å²) in [6.45, 7) is 0. The number of ether oxygens (including phenoxy) is 1. The zero-order valence-corrected chi connectivity index (χ0v) is 14.4. The van der Waals surface area contributed by atoms with Gasteiger partial charge in [-0.2, -0.15) is 0 Å². The molecule has 2 bridgehead atoms. The Hall–Kier alpha value is -1.92. The van der Waals surface area contributed by atoms with E-state index in [2.05, 4.69) is 15.6 Å². The average Bonchev–Trinajstić information content (AvgIpc) is 3.22. The molecule has 6 heteroatoms. The molecule has 2 fully saturated rings. The molecule has 0 radical (unpaired) electrons. The number of amides is 1. The number of nitrogens with zero attached hydrogens (tertiary/aromatic N) is 1.